The third-order valence-electron chi connectivity index (χ3n) is 5.11. The average molecular weight is 485 g/mol. The molecule has 33 heavy (non-hydrogen) atoms. The number of hydrogen-bond donors (Lipinski definition) is 3. The van der Waals surface area contributed by atoms with Gasteiger partial charge < -0.3 is 14.4 Å². The highest BCUT2D eigenvalue weighted by atomic mass is 31.2. The zero-order chi connectivity index (χ0) is 23.8. The highest BCUT2D eigenvalue weighted by molar-refractivity contribution is 7.47. The largest absolute Gasteiger partial charge is 0.472 e. The summed E-state index contributed by atoms with van der Waals surface area (Å²) in [5.41, 5.74) is -0.579. The van der Waals surface area contributed by atoms with E-state index in [1.54, 1.807) is 6.92 Å². The van der Waals surface area contributed by atoms with Gasteiger partial charge in [-0.1, -0.05) is 13.8 Å². The maximum absolute atomic E-state index is 12.5. The molecule has 2 aromatic heterocycles. The van der Waals surface area contributed by atoms with E-state index in [0.717, 1.165) is 0 Å². The number of aromatic amines is 1. The molecule has 4 rings (SSSR count). The van der Waals surface area contributed by atoms with Gasteiger partial charge in [-0.15, -0.1) is 0 Å². The van der Waals surface area contributed by atoms with Crippen LogP contribution in [0.15, 0.2) is 11.1 Å². The molecule has 2 saturated heterocycles. The van der Waals surface area contributed by atoms with Gasteiger partial charge in [-0.25, -0.2) is 9.55 Å². The Hall–Kier alpha value is -2.64. The first-order chi connectivity index (χ1) is 15.7. The van der Waals surface area contributed by atoms with Gasteiger partial charge in [0.15, 0.2) is 23.5 Å². The van der Waals surface area contributed by atoms with Crippen LogP contribution in [0.25, 0.3) is 11.2 Å². The molecule has 2 aliphatic heterocycles. The predicted molar refractivity (Wildman–Crippen MR) is 111 cm³/mol. The molecule has 15 heteroatoms. The minimum absolute atomic E-state index is 0.0365. The number of phosphoric ester groups is 1. The molecular weight excluding hydrogens is 461 g/mol. The molecule has 0 radical (unpaired) electrons. The summed E-state index contributed by atoms with van der Waals surface area (Å²) in [6, 6.07) is 0. The number of amides is 1. The fourth-order valence-electron chi connectivity index (χ4n) is 3.68. The van der Waals surface area contributed by atoms with E-state index in [1.165, 1.54) is 10.9 Å². The summed E-state index contributed by atoms with van der Waals surface area (Å²) in [6.45, 7) is 3.37. The van der Waals surface area contributed by atoms with Gasteiger partial charge in [0.05, 0.1) is 12.9 Å². The second kappa shape index (κ2) is 9.31. The first kappa shape index (κ1) is 23.5. The fourth-order valence-corrected chi connectivity index (χ4v) is 4.64. The summed E-state index contributed by atoms with van der Waals surface area (Å²) in [7, 11) is -4.36. The van der Waals surface area contributed by atoms with Crippen LogP contribution in [0.1, 0.15) is 45.8 Å². The maximum Gasteiger partial charge on any atom is 0.472 e. The number of carbonyl (C=O) groups excluding carboxylic acids is 2. The van der Waals surface area contributed by atoms with E-state index in [9.17, 15) is 23.8 Å². The normalized spacial score (nSPS) is 29.1. The summed E-state index contributed by atoms with van der Waals surface area (Å²) in [4.78, 5) is 57.2. The van der Waals surface area contributed by atoms with Crippen molar-refractivity contribution in [1.29, 1.82) is 0 Å². The average Bonchev–Trinajstić information content (AvgIpc) is 3.29. The lowest BCUT2D eigenvalue weighted by atomic mass is 10.1. The molecule has 0 spiro atoms. The summed E-state index contributed by atoms with van der Waals surface area (Å²) in [5.74, 6) is -0.964. The summed E-state index contributed by atoms with van der Waals surface area (Å²) >= 11 is 0. The highest BCUT2D eigenvalue weighted by Crippen LogP contribution is 2.53. The molecule has 4 heterocycles. The van der Waals surface area contributed by atoms with Crippen molar-refractivity contribution < 1.29 is 37.6 Å². The molecule has 0 bridgehead atoms. The number of phosphoric acid groups is 1. The molecule has 2 aromatic rings. The van der Waals surface area contributed by atoms with Crippen LogP contribution in [0.3, 0.4) is 0 Å². The monoisotopic (exact) mass is 485 g/mol. The summed E-state index contributed by atoms with van der Waals surface area (Å²) in [6.07, 6.45) is -1.39. The molecule has 14 nitrogen and oxygen atoms in total. The van der Waals surface area contributed by atoms with Crippen molar-refractivity contribution in [3.05, 3.63) is 16.7 Å². The number of esters is 1. The predicted octanol–water partition coefficient (Wildman–Crippen LogP) is 0.983. The number of imidazole rings is 1. The fraction of sp³-hybridized carbons (Fsp3) is 0.611. The van der Waals surface area contributed by atoms with Crippen molar-refractivity contribution in [2.24, 2.45) is 0 Å². The van der Waals surface area contributed by atoms with Crippen molar-refractivity contribution in [2.45, 2.75) is 64.1 Å². The molecule has 3 N–H and O–H groups in total. The van der Waals surface area contributed by atoms with E-state index < -0.39 is 43.9 Å². The smallest absolute Gasteiger partial charge is 0.455 e. The quantitative estimate of drug-likeness (QED) is 0.375. The van der Waals surface area contributed by atoms with E-state index in [-0.39, 0.29) is 42.5 Å². The Balaban J connectivity index is 1.72. The minimum atomic E-state index is -4.36. The van der Waals surface area contributed by atoms with Crippen LogP contribution in [-0.4, -0.2) is 61.2 Å². The molecule has 1 amide bonds. The molecule has 0 saturated carbocycles. The van der Waals surface area contributed by atoms with Crippen molar-refractivity contribution in [3.63, 3.8) is 0 Å². The lowest BCUT2D eigenvalue weighted by molar-refractivity contribution is -0.158. The zero-order valence-electron chi connectivity index (χ0n) is 17.9. The third kappa shape index (κ3) is 4.84. The second-order valence-electron chi connectivity index (χ2n) is 7.64. The van der Waals surface area contributed by atoms with Gasteiger partial charge in [0.25, 0.3) is 5.56 Å². The Labute approximate surface area is 187 Å². The van der Waals surface area contributed by atoms with E-state index in [4.69, 9.17) is 18.5 Å². The zero-order valence-corrected chi connectivity index (χ0v) is 18.8. The van der Waals surface area contributed by atoms with Gasteiger partial charge in [0, 0.05) is 12.8 Å². The Morgan fingerprint density at radius 1 is 1.36 bits per heavy atom. The Morgan fingerprint density at radius 2 is 2.12 bits per heavy atom. The third-order valence-corrected chi connectivity index (χ3v) is 6.09. The van der Waals surface area contributed by atoms with Crippen LogP contribution in [0.5, 0.6) is 0 Å². The summed E-state index contributed by atoms with van der Waals surface area (Å²) < 4.78 is 34.8. The van der Waals surface area contributed by atoms with Crippen molar-refractivity contribution in [1.82, 2.24) is 19.5 Å². The van der Waals surface area contributed by atoms with E-state index >= 15 is 0 Å². The van der Waals surface area contributed by atoms with Crippen molar-refractivity contribution in [2.75, 3.05) is 11.9 Å². The highest BCUT2D eigenvalue weighted by Gasteiger charge is 2.55. The number of rotatable bonds is 7. The number of nitrogens with one attached hydrogen (secondary N) is 2. The van der Waals surface area contributed by atoms with Gasteiger partial charge in [-0.05, 0) is 12.8 Å². The molecule has 5 atom stereocenters. The SMILES string of the molecule is CCCC(=O)Nc1nc2c(ncn2[C@@H]2O[C@@H]3COP(=O)(O)O[C@H]3C2OC(=O)CCC)c(=O)[nH]1. The number of nitrogens with zero attached hydrogens (tertiary/aromatic N) is 3. The van der Waals surface area contributed by atoms with Crippen LogP contribution in [0.4, 0.5) is 5.95 Å². The van der Waals surface area contributed by atoms with E-state index in [1.807, 2.05) is 6.92 Å². The van der Waals surface area contributed by atoms with Crippen molar-refractivity contribution in [3.8, 4) is 0 Å². The Bertz CT molecular complexity index is 1160. The number of H-pyrrole nitrogens is 1. The van der Waals surface area contributed by atoms with Crippen LogP contribution in [0.2, 0.25) is 0 Å². The Morgan fingerprint density at radius 3 is 2.85 bits per heavy atom. The van der Waals surface area contributed by atoms with E-state index in [0.29, 0.717) is 12.8 Å². The second-order valence-corrected chi connectivity index (χ2v) is 9.05. The molecule has 0 aromatic carbocycles. The van der Waals surface area contributed by atoms with Crippen LogP contribution < -0.4 is 10.9 Å². The molecule has 0 aliphatic carbocycles. The van der Waals surface area contributed by atoms with Crippen molar-refractivity contribution >= 4 is 36.8 Å². The number of ether oxygens (including phenoxy) is 2. The van der Waals surface area contributed by atoms with E-state index in [2.05, 4.69) is 20.3 Å². The van der Waals surface area contributed by atoms with Crippen LogP contribution in [0, 0.1) is 0 Å². The maximum atomic E-state index is 12.5. The van der Waals surface area contributed by atoms with Gasteiger partial charge >= 0.3 is 13.8 Å². The molecule has 180 valence electrons. The number of fused-ring (bicyclic) bond motifs is 2. The topological polar surface area (TPSA) is 184 Å². The minimum Gasteiger partial charge on any atom is -0.455 e. The number of hydrogen-bond acceptors (Lipinski definition) is 10. The number of carbonyl (C=O) groups is 2. The molecule has 2 unspecified atom stereocenters. The lowest BCUT2D eigenvalue weighted by Gasteiger charge is -2.29. The Kier molecular flexibility index (Phi) is 6.64. The van der Waals surface area contributed by atoms with Gasteiger partial charge in [-0.2, -0.15) is 4.98 Å². The standard InChI is InChI=1S/C18H24N5O9P/c1-3-5-10(24)20-18-21-15-12(16(26)22-18)19-8-23(15)17-14(31-11(25)6-4-2)13-9(30-17)7-29-33(27,28)32-13/h8-9,13-14,17H,3-7H2,1-2H3,(H,27,28)(H2,20,21,22,24,26)/t9-,13-,14?,17-/m1/s1. The van der Waals surface area contributed by atoms with Gasteiger partial charge in [0.2, 0.25) is 11.9 Å². The first-order valence-electron chi connectivity index (χ1n) is 10.5. The van der Waals surface area contributed by atoms with Crippen LogP contribution in [-0.2, 0) is 32.7 Å². The molecule has 2 aliphatic rings. The summed E-state index contributed by atoms with van der Waals surface area (Å²) in [5, 5.41) is 2.52. The van der Waals surface area contributed by atoms with Gasteiger partial charge in [0.1, 0.15) is 12.2 Å². The molecular formula is C18H24N5O9P. The van der Waals surface area contributed by atoms with Crippen LogP contribution >= 0.6 is 7.82 Å². The number of aromatic nitrogens is 4. The van der Waals surface area contributed by atoms with Gasteiger partial charge in [-0.3, -0.25) is 38.3 Å². The first-order valence-corrected chi connectivity index (χ1v) is 12.0. The number of anilines is 1. The lowest BCUT2D eigenvalue weighted by Crippen LogP contribution is -2.41. The molecule has 2 fully saturated rings.